The van der Waals surface area contributed by atoms with Crippen molar-refractivity contribution in [2.75, 3.05) is 34.4 Å². The summed E-state index contributed by atoms with van der Waals surface area (Å²) < 4.78 is 16.3. The SMILES string of the molecule is COc1cc(/C=C(\NC(=O)c2ccc(C)cc2)C(=O)N2CCC(C)CC2)cc(OC)c1OC. The Morgan fingerprint density at radius 1 is 0.970 bits per heavy atom. The number of hydrogen-bond donors (Lipinski definition) is 1. The van der Waals surface area contributed by atoms with Gasteiger partial charge in [-0.05, 0) is 61.6 Å². The molecule has 7 nitrogen and oxygen atoms in total. The zero-order valence-electron chi connectivity index (χ0n) is 19.9. The maximum absolute atomic E-state index is 13.4. The number of hydrogen-bond acceptors (Lipinski definition) is 5. The highest BCUT2D eigenvalue weighted by molar-refractivity contribution is 6.05. The molecule has 1 fully saturated rings. The van der Waals surface area contributed by atoms with Crippen LogP contribution in [-0.4, -0.2) is 51.1 Å². The van der Waals surface area contributed by atoms with Crippen LogP contribution < -0.4 is 19.5 Å². The van der Waals surface area contributed by atoms with Crippen LogP contribution in [0.1, 0.15) is 41.3 Å². The van der Waals surface area contributed by atoms with Crippen molar-refractivity contribution in [2.24, 2.45) is 5.92 Å². The van der Waals surface area contributed by atoms with Crippen molar-refractivity contribution < 1.29 is 23.8 Å². The predicted octanol–water partition coefficient (Wildman–Crippen LogP) is 4.05. The largest absolute Gasteiger partial charge is 0.493 e. The van der Waals surface area contributed by atoms with Crippen molar-refractivity contribution in [3.63, 3.8) is 0 Å². The second-order valence-corrected chi connectivity index (χ2v) is 8.31. The van der Waals surface area contributed by atoms with E-state index in [0.717, 1.165) is 18.4 Å². The number of carbonyl (C=O) groups is 2. The number of aryl methyl sites for hydroxylation is 1. The molecular formula is C26H32N2O5. The Kier molecular flexibility index (Phi) is 7.98. The summed E-state index contributed by atoms with van der Waals surface area (Å²) in [7, 11) is 4.60. The number of nitrogens with zero attached hydrogens (tertiary/aromatic N) is 1. The lowest BCUT2D eigenvalue weighted by molar-refractivity contribution is -0.128. The molecule has 1 aliphatic heterocycles. The summed E-state index contributed by atoms with van der Waals surface area (Å²) in [4.78, 5) is 28.2. The van der Waals surface area contributed by atoms with E-state index in [-0.39, 0.29) is 17.5 Å². The quantitative estimate of drug-likeness (QED) is 0.642. The molecule has 1 N–H and O–H groups in total. The maximum atomic E-state index is 13.4. The molecule has 2 aromatic carbocycles. The van der Waals surface area contributed by atoms with Gasteiger partial charge in [0.25, 0.3) is 11.8 Å². The van der Waals surface area contributed by atoms with Crippen LogP contribution in [0.5, 0.6) is 17.2 Å². The minimum absolute atomic E-state index is 0.199. The van der Waals surface area contributed by atoms with E-state index in [4.69, 9.17) is 14.2 Å². The van der Waals surface area contributed by atoms with Crippen LogP contribution in [0.25, 0.3) is 6.08 Å². The van der Waals surface area contributed by atoms with Crippen molar-refractivity contribution in [3.05, 3.63) is 58.8 Å². The molecule has 2 amide bonds. The third-order valence-corrected chi connectivity index (χ3v) is 5.86. The molecule has 2 aromatic rings. The van der Waals surface area contributed by atoms with Crippen molar-refractivity contribution >= 4 is 17.9 Å². The van der Waals surface area contributed by atoms with E-state index in [1.54, 1.807) is 35.2 Å². The molecule has 1 saturated heterocycles. The van der Waals surface area contributed by atoms with Crippen molar-refractivity contribution in [3.8, 4) is 17.2 Å². The monoisotopic (exact) mass is 452 g/mol. The average Bonchev–Trinajstić information content (AvgIpc) is 2.83. The highest BCUT2D eigenvalue weighted by Crippen LogP contribution is 2.38. The number of rotatable bonds is 7. The number of benzene rings is 2. The third-order valence-electron chi connectivity index (χ3n) is 5.86. The fourth-order valence-corrected chi connectivity index (χ4v) is 3.78. The molecule has 0 radical (unpaired) electrons. The van der Waals surface area contributed by atoms with Gasteiger partial charge < -0.3 is 24.4 Å². The Balaban J connectivity index is 1.98. The van der Waals surface area contributed by atoms with E-state index in [0.29, 0.717) is 47.4 Å². The summed E-state index contributed by atoms with van der Waals surface area (Å²) in [6, 6.07) is 10.7. The van der Waals surface area contributed by atoms with Crippen molar-refractivity contribution in [2.45, 2.75) is 26.7 Å². The van der Waals surface area contributed by atoms with Crippen LogP contribution in [0, 0.1) is 12.8 Å². The number of amides is 2. The molecule has 7 heteroatoms. The molecule has 3 rings (SSSR count). The van der Waals surface area contributed by atoms with Gasteiger partial charge in [0.1, 0.15) is 5.70 Å². The summed E-state index contributed by atoms with van der Waals surface area (Å²) in [5, 5.41) is 2.83. The number of ether oxygens (including phenoxy) is 3. The molecule has 0 unspecified atom stereocenters. The lowest BCUT2D eigenvalue weighted by atomic mass is 9.99. The summed E-state index contributed by atoms with van der Waals surface area (Å²) in [6.45, 7) is 5.46. The van der Waals surface area contributed by atoms with E-state index in [1.165, 1.54) is 21.3 Å². The summed E-state index contributed by atoms with van der Waals surface area (Å²) in [5.41, 5.74) is 2.38. The van der Waals surface area contributed by atoms with Crippen LogP contribution in [0.2, 0.25) is 0 Å². The molecule has 33 heavy (non-hydrogen) atoms. The first-order valence-electron chi connectivity index (χ1n) is 11.0. The summed E-state index contributed by atoms with van der Waals surface area (Å²) in [6.07, 6.45) is 3.53. The highest BCUT2D eigenvalue weighted by atomic mass is 16.5. The Morgan fingerprint density at radius 2 is 1.55 bits per heavy atom. The van der Waals surface area contributed by atoms with E-state index >= 15 is 0 Å². The fraction of sp³-hybridized carbons (Fsp3) is 0.385. The smallest absolute Gasteiger partial charge is 0.270 e. The van der Waals surface area contributed by atoms with E-state index in [2.05, 4.69) is 12.2 Å². The van der Waals surface area contributed by atoms with Gasteiger partial charge in [0, 0.05) is 18.7 Å². The normalized spacial score (nSPS) is 14.6. The van der Waals surface area contributed by atoms with E-state index < -0.39 is 0 Å². The second kappa shape index (κ2) is 10.9. The molecule has 0 bridgehead atoms. The predicted molar refractivity (Wildman–Crippen MR) is 128 cm³/mol. The van der Waals surface area contributed by atoms with Gasteiger partial charge in [-0.15, -0.1) is 0 Å². The average molecular weight is 453 g/mol. The Labute approximate surface area is 195 Å². The first kappa shape index (κ1) is 24.2. The van der Waals surface area contributed by atoms with Gasteiger partial charge in [-0.25, -0.2) is 0 Å². The topological polar surface area (TPSA) is 77.1 Å². The van der Waals surface area contributed by atoms with Gasteiger partial charge in [0.2, 0.25) is 5.75 Å². The number of methoxy groups -OCH3 is 3. The van der Waals surface area contributed by atoms with E-state index in [1.807, 2.05) is 19.1 Å². The number of carbonyl (C=O) groups excluding carboxylic acids is 2. The summed E-state index contributed by atoms with van der Waals surface area (Å²) >= 11 is 0. The third kappa shape index (κ3) is 5.86. The number of piperidine rings is 1. The number of nitrogens with one attached hydrogen (secondary N) is 1. The molecule has 0 aliphatic carbocycles. The molecule has 1 aliphatic rings. The number of likely N-dealkylation sites (tertiary alicyclic amines) is 1. The highest BCUT2D eigenvalue weighted by Gasteiger charge is 2.25. The van der Waals surface area contributed by atoms with Crippen LogP contribution in [-0.2, 0) is 4.79 Å². The minimum atomic E-state index is -0.340. The molecule has 176 valence electrons. The Morgan fingerprint density at radius 3 is 2.06 bits per heavy atom. The minimum Gasteiger partial charge on any atom is -0.493 e. The van der Waals surface area contributed by atoms with Crippen LogP contribution in [0.15, 0.2) is 42.1 Å². The van der Waals surface area contributed by atoms with Gasteiger partial charge in [0.15, 0.2) is 11.5 Å². The standard InChI is InChI=1S/C26H32N2O5/c1-17-6-8-20(9-7-17)25(29)27-21(26(30)28-12-10-18(2)11-13-28)14-19-15-22(31-3)24(33-5)23(16-19)32-4/h6-9,14-16,18H,10-13H2,1-5H3,(H,27,29)/b21-14-. The first-order chi connectivity index (χ1) is 15.9. The first-order valence-corrected chi connectivity index (χ1v) is 11.0. The van der Waals surface area contributed by atoms with E-state index in [9.17, 15) is 9.59 Å². The molecule has 0 spiro atoms. The maximum Gasteiger partial charge on any atom is 0.270 e. The van der Waals surface area contributed by atoms with Gasteiger partial charge in [-0.2, -0.15) is 0 Å². The fourth-order valence-electron chi connectivity index (χ4n) is 3.78. The lowest BCUT2D eigenvalue weighted by Crippen LogP contribution is -2.42. The molecule has 0 saturated carbocycles. The molecule has 1 heterocycles. The van der Waals surface area contributed by atoms with Crippen LogP contribution in [0.3, 0.4) is 0 Å². The van der Waals surface area contributed by atoms with Gasteiger partial charge in [-0.1, -0.05) is 24.6 Å². The van der Waals surface area contributed by atoms with Crippen LogP contribution in [0.4, 0.5) is 0 Å². The zero-order valence-corrected chi connectivity index (χ0v) is 19.9. The van der Waals surface area contributed by atoms with Crippen LogP contribution >= 0.6 is 0 Å². The Bertz CT molecular complexity index is 996. The Hall–Kier alpha value is -3.48. The second-order valence-electron chi connectivity index (χ2n) is 8.31. The van der Waals surface area contributed by atoms with Gasteiger partial charge in [-0.3, -0.25) is 9.59 Å². The molecule has 0 aromatic heterocycles. The van der Waals surface area contributed by atoms with Crippen molar-refractivity contribution in [1.29, 1.82) is 0 Å². The zero-order chi connectivity index (χ0) is 24.0. The van der Waals surface area contributed by atoms with Gasteiger partial charge >= 0.3 is 0 Å². The van der Waals surface area contributed by atoms with Gasteiger partial charge in [0.05, 0.1) is 21.3 Å². The lowest BCUT2D eigenvalue weighted by Gasteiger charge is -2.31. The van der Waals surface area contributed by atoms with Crippen molar-refractivity contribution in [1.82, 2.24) is 10.2 Å². The molecular weight excluding hydrogens is 420 g/mol. The molecule has 0 atom stereocenters. The summed E-state index contributed by atoms with van der Waals surface area (Å²) in [5.74, 6) is 1.42.